The Hall–Kier alpha value is -5.34. The molecule has 0 saturated carbocycles. The zero-order valence-corrected chi connectivity index (χ0v) is 26.1. The molecule has 6 aromatic carbocycles. The SMILES string of the molecule is C1=C(C2=CCC(N(c3ccccc3)c3ccc4ccccc4c3)CC2)CCC(N(c2ccccc2)c2ccc3ccccc3c2)=C1. The molecule has 0 spiro atoms. The van der Waals surface area contributed by atoms with Gasteiger partial charge in [-0.15, -0.1) is 0 Å². The van der Waals surface area contributed by atoms with Gasteiger partial charge in [-0.3, -0.25) is 0 Å². The molecule has 1 atom stereocenters. The maximum atomic E-state index is 2.56. The molecule has 2 aliphatic carbocycles. The molecule has 1 unspecified atom stereocenters. The molecular weight excluding hydrogens is 556 g/mol. The Bertz CT molecular complexity index is 2090. The monoisotopic (exact) mass is 594 g/mol. The van der Waals surface area contributed by atoms with Crippen molar-refractivity contribution in [3.8, 4) is 0 Å². The second-order valence-electron chi connectivity index (χ2n) is 12.4. The van der Waals surface area contributed by atoms with E-state index in [-0.39, 0.29) is 0 Å². The van der Waals surface area contributed by atoms with E-state index in [1.54, 1.807) is 0 Å². The number of para-hydroxylation sites is 2. The lowest BCUT2D eigenvalue weighted by atomic mass is 9.85. The number of hydrogen-bond acceptors (Lipinski definition) is 2. The zero-order chi connectivity index (χ0) is 30.7. The van der Waals surface area contributed by atoms with Crippen molar-refractivity contribution in [2.45, 2.75) is 38.1 Å². The minimum atomic E-state index is 0.420. The summed E-state index contributed by atoms with van der Waals surface area (Å²) in [6.45, 7) is 0. The van der Waals surface area contributed by atoms with E-state index in [0.717, 1.165) is 32.1 Å². The maximum Gasteiger partial charge on any atom is 0.0464 e. The summed E-state index contributed by atoms with van der Waals surface area (Å²) in [5, 5.41) is 5.11. The van der Waals surface area contributed by atoms with Gasteiger partial charge in [0, 0.05) is 34.5 Å². The van der Waals surface area contributed by atoms with Crippen molar-refractivity contribution in [2.24, 2.45) is 0 Å². The van der Waals surface area contributed by atoms with Gasteiger partial charge >= 0.3 is 0 Å². The summed E-state index contributed by atoms with van der Waals surface area (Å²) in [5.41, 5.74) is 9.30. The summed E-state index contributed by atoms with van der Waals surface area (Å²) < 4.78 is 0. The number of nitrogens with zero attached hydrogens (tertiary/aromatic N) is 2. The fourth-order valence-corrected chi connectivity index (χ4v) is 7.29. The highest BCUT2D eigenvalue weighted by Crippen LogP contribution is 2.40. The first kappa shape index (κ1) is 28.2. The van der Waals surface area contributed by atoms with Crippen molar-refractivity contribution >= 4 is 44.3 Å². The average Bonchev–Trinajstić information content (AvgIpc) is 3.13. The molecular formula is C44H38N2. The van der Waals surface area contributed by atoms with Crippen LogP contribution in [0.25, 0.3) is 21.5 Å². The summed E-state index contributed by atoms with van der Waals surface area (Å²) in [4.78, 5) is 5.00. The van der Waals surface area contributed by atoms with Crippen molar-refractivity contribution in [3.05, 3.63) is 181 Å². The maximum absolute atomic E-state index is 2.56. The largest absolute Gasteiger partial charge is 0.338 e. The number of benzene rings is 6. The molecule has 0 amide bonds. The Morgan fingerprint density at radius 3 is 1.63 bits per heavy atom. The van der Waals surface area contributed by atoms with Crippen molar-refractivity contribution in [2.75, 3.05) is 9.80 Å². The van der Waals surface area contributed by atoms with Crippen molar-refractivity contribution in [1.82, 2.24) is 0 Å². The highest BCUT2D eigenvalue weighted by atomic mass is 15.2. The van der Waals surface area contributed by atoms with Crippen LogP contribution in [0.5, 0.6) is 0 Å². The van der Waals surface area contributed by atoms with E-state index in [1.165, 1.54) is 61.1 Å². The number of anilines is 4. The van der Waals surface area contributed by atoms with Crippen LogP contribution in [0.4, 0.5) is 22.7 Å². The molecule has 8 rings (SSSR count). The van der Waals surface area contributed by atoms with Gasteiger partial charge in [-0.25, -0.2) is 0 Å². The molecule has 6 aromatic rings. The summed E-state index contributed by atoms with van der Waals surface area (Å²) >= 11 is 0. The van der Waals surface area contributed by atoms with E-state index in [9.17, 15) is 0 Å². The standard InChI is InChI=1S/C44H38N2/c1-3-15-39(16-4-1)45(43-29-23-33-11-7-9-13-37(33)31-43)41-25-19-35(20-26-41)36-21-27-42(28-22-36)46(40-17-5-2-6-18-40)44-30-24-34-12-8-10-14-38(34)32-44/h1-19,21,23-25,29-32,42H,20,22,26-28H2. The molecule has 0 heterocycles. The summed E-state index contributed by atoms with van der Waals surface area (Å²) in [6.07, 6.45) is 12.6. The fourth-order valence-electron chi connectivity index (χ4n) is 7.29. The second-order valence-corrected chi connectivity index (χ2v) is 12.4. The first-order chi connectivity index (χ1) is 22.8. The Morgan fingerprint density at radius 2 is 1.02 bits per heavy atom. The van der Waals surface area contributed by atoms with Gasteiger partial charge in [0.05, 0.1) is 0 Å². The van der Waals surface area contributed by atoms with Gasteiger partial charge in [0.1, 0.15) is 0 Å². The van der Waals surface area contributed by atoms with Crippen molar-refractivity contribution in [3.63, 3.8) is 0 Å². The third-order valence-corrected chi connectivity index (χ3v) is 9.63. The Labute approximate surface area is 272 Å². The molecule has 2 nitrogen and oxygen atoms in total. The normalized spacial score (nSPS) is 16.4. The summed E-state index contributed by atoms with van der Waals surface area (Å²) in [6, 6.07) is 53.1. The Morgan fingerprint density at radius 1 is 0.435 bits per heavy atom. The van der Waals surface area contributed by atoms with Gasteiger partial charge in [-0.1, -0.05) is 109 Å². The first-order valence-corrected chi connectivity index (χ1v) is 16.6. The van der Waals surface area contributed by atoms with Crippen molar-refractivity contribution in [1.29, 1.82) is 0 Å². The quantitative estimate of drug-likeness (QED) is 0.181. The molecule has 0 bridgehead atoms. The zero-order valence-electron chi connectivity index (χ0n) is 26.1. The number of hydrogen-bond donors (Lipinski definition) is 0. The van der Waals surface area contributed by atoms with Crippen LogP contribution in [0.1, 0.15) is 32.1 Å². The van der Waals surface area contributed by atoms with Crippen LogP contribution in [0.3, 0.4) is 0 Å². The van der Waals surface area contributed by atoms with Gasteiger partial charge < -0.3 is 9.80 Å². The topological polar surface area (TPSA) is 6.48 Å². The first-order valence-electron chi connectivity index (χ1n) is 16.6. The Balaban J connectivity index is 1.07. The van der Waals surface area contributed by atoms with Crippen LogP contribution in [0, 0.1) is 0 Å². The number of allylic oxidation sites excluding steroid dienone is 5. The molecule has 46 heavy (non-hydrogen) atoms. The van der Waals surface area contributed by atoms with Crippen LogP contribution in [0.15, 0.2) is 181 Å². The average molecular weight is 595 g/mol. The second kappa shape index (κ2) is 12.6. The summed E-state index contributed by atoms with van der Waals surface area (Å²) in [5.74, 6) is 0. The lowest BCUT2D eigenvalue weighted by Gasteiger charge is -2.37. The highest BCUT2D eigenvalue weighted by molar-refractivity contribution is 5.88. The van der Waals surface area contributed by atoms with E-state index in [1.807, 2.05) is 0 Å². The van der Waals surface area contributed by atoms with E-state index in [2.05, 4.69) is 174 Å². The predicted molar refractivity (Wildman–Crippen MR) is 196 cm³/mol. The predicted octanol–water partition coefficient (Wildman–Crippen LogP) is 12.1. The van der Waals surface area contributed by atoms with Crippen molar-refractivity contribution < 1.29 is 0 Å². The number of fused-ring (bicyclic) bond motifs is 2. The van der Waals surface area contributed by atoms with Gasteiger partial charge in [-0.05, 0) is 119 Å². The molecule has 0 N–H and O–H groups in total. The van der Waals surface area contributed by atoms with Crippen LogP contribution < -0.4 is 9.80 Å². The van der Waals surface area contributed by atoms with Gasteiger partial charge in [0.2, 0.25) is 0 Å². The smallest absolute Gasteiger partial charge is 0.0464 e. The molecule has 2 heteroatoms. The number of rotatable bonds is 7. The van der Waals surface area contributed by atoms with Crippen LogP contribution in [-0.4, -0.2) is 6.04 Å². The molecule has 0 aromatic heterocycles. The molecule has 2 aliphatic rings. The van der Waals surface area contributed by atoms with Gasteiger partial charge in [0.15, 0.2) is 0 Å². The Kier molecular flexibility index (Phi) is 7.70. The highest BCUT2D eigenvalue weighted by Gasteiger charge is 2.26. The lowest BCUT2D eigenvalue weighted by molar-refractivity contribution is 0.576. The van der Waals surface area contributed by atoms with Crippen LogP contribution in [-0.2, 0) is 0 Å². The van der Waals surface area contributed by atoms with Crippen LogP contribution in [0.2, 0.25) is 0 Å². The molecule has 0 fully saturated rings. The molecule has 0 radical (unpaired) electrons. The minimum Gasteiger partial charge on any atom is -0.338 e. The molecule has 0 aliphatic heterocycles. The molecule has 0 saturated heterocycles. The van der Waals surface area contributed by atoms with E-state index < -0.39 is 0 Å². The molecule has 224 valence electrons. The van der Waals surface area contributed by atoms with Gasteiger partial charge in [0.25, 0.3) is 0 Å². The summed E-state index contributed by atoms with van der Waals surface area (Å²) in [7, 11) is 0. The van der Waals surface area contributed by atoms with E-state index in [4.69, 9.17) is 0 Å². The lowest BCUT2D eigenvalue weighted by Crippen LogP contribution is -2.32. The third-order valence-electron chi connectivity index (χ3n) is 9.63. The van der Waals surface area contributed by atoms with E-state index in [0.29, 0.717) is 6.04 Å². The van der Waals surface area contributed by atoms with Gasteiger partial charge in [-0.2, -0.15) is 0 Å². The fraction of sp³-hybridized carbons (Fsp3) is 0.136. The third kappa shape index (κ3) is 5.63. The van der Waals surface area contributed by atoms with E-state index >= 15 is 0 Å². The minimum absolute atomic E-state index is 0.420. The van der Waals surface area contributed by atoms with Crippen LogP contribution >= 0.6 is 0 Å².